The second-order valence-corrected chi connectivity index (χ2v) is 8.67. The minimum atomic E-state index is -4.04. The van der Waals surface area contributed by atoms with Crippen LogP contribution in [0.3, 0.4) is 0 Å². The second kappa shape index (κ2) is 9.15. The largest absolute Gasteiger partial charge is 0.496 e. The number of hydrogen-bond acceptors (Lipinski definition) is 6. The van der Waals surface area contributed by atoms with Crippen molar-refractivity contribution in [1.82, 2.24) is 9.21 Å². The molecule has 1 saturated heterocycles. The van der Waals surface area contributed by atoms with Crippen LogP contribution in [0.25, 0.3) is 0 Å². The number of hydrogen-bond donors (Lipinski definition) is 0. The molecule has 0 radical (unpaired) electrons. The quantitative estimate of drug-likeness (QED) is 0.657. The molecule has 0 saturated carbocycles. The van der Waals surface area contributed by atoms with Crippen molar-refractivity contribution in [2.75, 3.05) is 47.5 Å². The van der Waals surface area contributed by atoms with Crippen LogP contribution in [-0.2, 0) is 16.6 Å². The predicted octanol–water partition coefficient (Wildman–Crippen LogP) is 2.50. The Hall–Kier alpha value is -2.43. The Morgan fingerprint density at radius 3 is 2.00 bits per heavy atom. The molecule has 1 aliphatic heterocycles. The highest BCUT2D eigenvalue weighted by Crippen LogP contribution is 2.35. The molecule has 164 valence electrons. The number of rotatable bonds is 7. The van der Waals surface area contributed by atoms with E-state index in [-0.39, 0.29) is 13.1 Å². The van der Waals surface area contributed by atoms with Gasteiger partial charge in [-0.05, 0) is 12.1 Å². The predicted molar refractivity (Wildman–Crippen MR) is 106 cm³/mol. The SMILES string of the molecule is COc1cc(OC)c(CN2CCN(S(=O)(=O)c3ccc(F)cc3F)CC2)c(OC)c1. The van der Waals surface area contributed by atoms with Crippen LogP contribution in [0.5, 0.6) is 17.2 Å². The van der Waals surface area contributed by atoms with Gasteiger partial charge in [-0.2, -0.15) is 4.31 Å². The zero-order chi connectivity index (χ0) is 21.9. The average molecular weight is 442 g/mol. The highest BCUT2D eigenvalue weighted by Gasteiger charge is 2.31. The van der Waals surface area contributed by atoms with E-state index in [0.717, 1.165) is 17.7 Å². The lowest BCUT2D eigenvalue weighted by atomic mass is 10.1. The first kappa shape index (κ1) is 22.3. The van der Waals surface area contributed by atoms with Crippen molar-refractivity contribution in [2.24, 2.45) is 0 Å². The van der Waals surface area contributed by atoms with Gasteiger partial charge in [0.2, 0.25) is 10.0 Å². The van der Waals surface area contributed by atoms with Crippen LogP contribution in [-0.4, -0.2) is 65.1 Å². The molecule has 2 aromatic rings. The summed E-state index contributed by atoms with van der Waals surface area (Å²) in [5.74, 6) is -0.0993. The Morgan fingerprint density at radius 1 is 0.900 bits per heavy atom. The topological polar surface area (TPSA) is 68.3 Å². The van der Waals surface area contributed by atoms with Crippen molar-refractivity contribution in [3.8, 4) is 17.2 Å². The molecule has 1 fully saturated rings. The first-order valence-corrected chi connectivity index (χ1v) is 10.7. The summed E-state index contributed by atoms with van der Waals surface area (Å²) >= 11 is 0. The van der Waals surface area contributed by atoms with Gasteiger partial charge in [0.05, 0.1) is 26.9 Å². The molecule has 0 unspecified atom stereocenters. The fraction of sp³-hybridized carbons (Fsp3) is 0.400. The van der Waals surface area contributed by atoms with E-state index in [0.29, 0.717) is 42.9 Å². The molecule has 10 heteroatoms. The summed E-state index contributed by atoms with van der Waals surface area (Å²) in [4.78, 5) is 1.54. The van der Waals surface area contributed by atoms with Crippen LogP contribution in [0.4, 0.5) is 8.78 Å². The highest BCUT2D eigenvalue weighted by molar-refractivity contribution is 7.89. The van der Waals surface area contributed by atoms with Gasteiger partial charge in [-0.25, -0.2) is 17.2 Å². The van der Waals surface area contributed by atoms with Gasteiger partial charge < -0.3 is 14.2 Å². The zero-order valence-electron chi connectivity index (χ0n) is 17.0. The zero-order valence-corrected chi connectivity index (χ0v) is 17.8. The summed E-state index contributed by atoms with van der Waals surface area (Å²) in [6, 6.07) is 5.99. The van der Waals surface area contributed by atoms with Crippen molar-refractivity contribution in [3.63, 3.8) is 0 Å². The van der Waals surface area contributed by atoms with Crippen molar-refractivity contribution >= 4 is 10.0 Å². The number of sulfonamides is 1. The Labute approximate surface area is 174 Å². The van der Waals surface area contributed by atoms with Gasteiger partial charge in [0.1, 0.15) is 33.8 Å². The maximum atomic E-state index is 14.0. The molecule has 0 aliphatic carbocycles. The summed E-state index contributed by atoms with van der Waals surface area (Å²) in [5.41, 5.74) is 0.821. The van der Waals surface area contributed by atoms with Crippen LogP contribution in [0.2, 0.25) is 0 Å². The third-order valence-corrected chi connectivity index (χ3v) is 6.97. The van der Waals surface area contributed by atoms with E-state index in [1.165, 1.54) is 4.31 Å². The van der Waals surface area contributed by atoms with Gasteiger partial charge in [0.25, 0.3) is 0 Å². The lowest BCUT2D eigenvalue weighted by molar-refractivity contribution is 0.178. The van der Waals surface area contributed by atoms with E-state index in [9.17, 15) is 17.2 Å². The van der Waals surface area contributed by atoms with Crippen LogP contribution >= 0.6 is 0 Å². The van der Waals surface area contributed by atoms with Crippen molar-refractivity contribution in [1.29, 1.82) is 0 Å². The molecule has 0 aromatic heterocycles. The monoisotopic (exact) mass is 442 g/mol. The molecular formula is C20H24F2N2O5S. The van der Waals surface area contributed by atoms with Gasteiger partial charge in [0, 0.05) is 50.9 Å². The van der Waals surface area contributed by atoms with Gasteiger partial charge >= 0.3 is 0 Å². The van der Waals surface area contributed by atoms with Gasteiger partial charge in [-0.1, -0.05) is 0 Å². The summed E-state index contributed by atoms with van der Waals surface area (Å²) in [6.45, 7) is 1.70. The molecule has 0 bridgehead atoms. The van der Waals surface area contributed by atoms with Crippen LogP contribution in [0.1, 0.15) is 5.56 Å². The third kappa shape index (κ3) is 4.50. The highest BCUT2D eigenvalue weighted by atomic mass is 32.2. The molecule has 30 heavy (non-hydrogen) atoms. The molecule has 3 rings (SSSR count). The molecule has 0 N–H and O–H groups in total. The number of ether oxygens (including phenoxy) is 3. The maximum Gasteiger partial charge on any atom is 0.246 e. The minimum absolute atomic E-state index is 0.180. The molecule has 7 nitrogen and oxygen atoms in total. The molecule has 0 amide bonds. The van der Waals surface area contributed by atoms with Gasteiger partial charge in [0.15, 0.2) is 0 Å². The normalized spacial score (nSPS) is 15.8. The van der Waals surface area contributed by atoms with Crippen molar-refractivity contribution in [3.05, 3.63) is 47.5 Å². The number of halogens is 2. The van der Waals surface area contributed by atoms with Crippen LogP contribution in [0.15, 0.2) is 35.2 Å². The van der Waals surface area contributed by atoms with E-state index in [4.69, 9.17) is 14.2 Å². The fourth-order valence-corrected chi connectivity index (χ4v) is 4.88. The number of nitrogens with zero attached hydrogens (tertiary/aromatic N) is 2. The van der Waals surface area contributed by atoms with Gasteiger partial charge in [-0.3, -0.25) is 4.90 Å². The second-order valence-electron chi connectivity index (χ2n) is 6.77. The van der Waals surface area contributed by atoms with Crippen molar-refractivity contribution in [2.45, 2.75) is 11.4 Å². The van der Waals surface area contributed by atoms with E-state index >= 15 is 0 Å². The minimum Gasteiger partial charge on any atom is -0.496 e. The van der Waals surface area contributed by atoms with Crippen LogP contribution < -0.4 is 14.2 Å². The Kier molecular flexibility index (Phi) is 6.79. The maximum absolute atomic E-state index is 14.0. The molecule has 1 aliphatic rings. The summed E-state index contributed by atoms with van der Waals surface area (Å²) in [7, 11) is 0.622. The number of piperazine rings is 1. The first-order chi connectivity index (χ1) is 14.3. The molecule has 2 aromatic carbocycles. The van der Waals surface area contributed by atoms with E-state index in [1.54, 1.807) is 33.5 Å². The lowest BCUT2D eigenvalue weighted by Crippen LogP contribution is -2.48. The number of methoxy groups -OCH3 is 3. The standard InChI is InChI=1S/C20H24F2N2O5S/c1-27-15-11-18(28-2)16(19(12-15)29-3)13-23-6-8-24(9-7-23)30(25,26)20-5-4-14(21)10-17(20)22/h4-5,10-12H,6-9,13H2,1-3H3. The average Bonchev–Trinajstić information content (AvgIpc) is 2.73. The van der Waals surface area contributed by atoms with E-state index < -0.39 is 26.6 Å². The molecule has 0 atom stereocenters. The summed E-state index contributed by atoms with van der Waals surface area (Å²) in [6.07, 6.45) is 0. The first-order valence-electron chi connectivity index (χ1n) is 9.26. The summed E-state index contributed by atoms with van der Waals surface area (Å²) in [5, 5.41) is 0. The van der Waals surface area contributed by atoms with Crippen molar-refractivity contribution < 1.29 is 31.4 Å². The molecular weight excluding hydrogens is 418 g/mol. The van der Waals surface area contributed by atoms with E-state index in [1.807, 2.05) is 0 Å². The Morgan fingerprint density at radius 2 is 1.50 bits per heavy atom. The molecule has 1 heterocycles. The Balaban J connectivity index is 1.73. The lowest BCUT2D eigenvalue weighted by Gasteiger charge is -2.34. The van der Waals surface area contributed by atoms with E-state index in [2.05, 4.69) is 4.90 Å². The summed E-state index contributed by atoms with van der Waals surface area (Å²) < 4.78 is 70.0. The Bertz CT molecular complexity index is 983. The molecule has 0 spiro atoms. The fourth-order valence-electron chi connectivity index (χ4n) is 3.41. The third-order valence-electron chi connectivity index (χ3n) is 5.04. The smallest absolute Gasteiger partial charge is 0.246 e. The number of benzene rings is 2. The van der Waals surface area contributed by atoms with Crippen LogP contribution in [0, 0.1) is 11.6 Å². The van der Waals surface area contributed by atoms with Gasteiger partial charge in [-0.15, -0.1) is 0 Å².